The lowest BCUT2D eigenvalue weighted by molar-refractivity contribution is -0.117. The van der Waals surface area contributed by atoms with E-state index < -0.39 is 6.04 Å². The Morgan fingerprint density at radius 3 is 2.47 bits per heavy atom. The Balaban J connectivity index is 1.60. The minimum absolute atomic E-state index is 0.0816. The van der Waals surface area contributed by atoms with Crippen LogP contribution in [0.2, 0.25) is 0 Å². The molecule has 0 saturated carbocycles. The Hall–Kier alpha value is -3.47. The van der Waals surface area contributed by atoms with E-state index in [0.717, 1.165) is 27.9 Å². The number of halogens is 1. The molecule has 152 valence electrons. The second-order valence-corrected chi connectivity index (χ2v) is 7.71. The minimum Gasteiger partial charge on any atom is -0.327 e. The van der Waals surface area contributed by atoms with Crippen LogP contribution in [0, 0.1) is 19.7 Å². The number of nitrogens with zero attached hydrogens (tertiary/aromatic N) is 1. The Labute approximate surface area is 175 Å². The van der Waals surface area contributed by atoms with E-state index in [9.17, 15) is 14.0 Å². The van der Waals surface area contributed by atoms with Crippen LogP contribution < -0.4 is 5.32 Å². The van der Waals surface area contributed by atoms with Gasteiger partial charge in [0.25, 0.3) is 5.91 Å². The number of hydrogen-bond acceptors (Lipinski definition) is 2. The molecule has 0 unspecified atom stereocenters. The molecule has 0 radical (unpaired) electrons. The lowest BCUT2D eigenvalue weighted by Gasteiger charge is -2.28. The van der Waals surface area contributed by atoms with E-state index in [1.54, 1.807) is 23.1 Å². The van der Waals surface area contributed by atoms with Gasteiger partial charge in [0.15, 0.2) is 0 Å². The summed E-state index contributed by atoms with van der Waals surface area (Å²) in [5, 5.41) is 2.93. The number of carbonyl (C=O) groups excluding carboxylic acids is 2. The van der Waals surface area contributed by atoms with E-state index in [0.29, 0.717) is 12.1 Å². The fraction of sp³-hybridized carbons (Fsp3) is 0.200. The van der Waals surface area contributed by atoms with Crippen molar-refractivity contribution in [1.29, 1.82) is 0 Å². The van der Waals surface area contributed by atoms with E-state index in [4.69, 9.17) is 0 Å². The Bertz CT molecular complexity index is 1110. The predicted octanol–water partition coefficient (Wildman–Crippen LogP) is 5.17. The van der Waals surface area contributed by atoms with Gasteiger partial charge in [-0.2, -0.15) is 0 Å². The van der Waals surface area contributed by atoms with Crippen LogP contribution in [-0.2, 0) is 11.3 Å². The summed E-state index contributed by atoms with van der Waals surface area (Å²) in [5.41, 5.74) is 5.28. The Morgan fingerprint density at radius 2 is 1.77 bits per heavy atom. The standard InChI is InChI=1S/C25H23FN2O2/c1-16-7-12-21(13-17(16)2)27-24(29)14-23(18-8-10-20(26)11-9-18)28-15-19-5-3-4-6-22(19)25(28)30/h3-13,23H,14-15H2,1-2H3,(H,27,29)/t23-/m0/s1. The van der Waals surface area contributed by atoms with Gasteiger partial charge < -0.3 is 10.2 Å². The van der Waals surface area contributed by atoms with Gasteiger partial charge in [0.05, 0.1) is 12.5 Å². The number of hydrogen-bond donors (Lipinski definition) is 1. The van der Waals surface area contributed by atoms with E-state index >= 15 is 0 Å². The summed E-state index contributed by atoms with van der Waals surface area (Å²) in [6, 6.07) is 18.7. The zero-order valence-electron chi connectivity index (χ0n) is 17.0. The quantitative estimate of drug-likeness (QED) is 0.640. The number of rotatable bonds is 5. The molecule has 4 nitrogen and oxygen atoms in total. The summed E-state index contributed by atoms with van der Waals surface area (Å²) >= 11 is 0. The third-order valence-electron chi connectivity index (χ3n) is 5.65. The van der Waals surface area contributed by atoms with E-state index in [-0.39, 0.29) is 24.1 Å². The number of benzene rings is 3. The number of nitrogens with one attached hydrogen (secondary N) is 1. The normalized spacial score (nSPS) is 13.8. The molecular weight excluding hydrogens is 379 g/mol. The molecular formula is C25H23FN2O2. The van der Waals surface area contributed by atoms with Crippen LogP contribution in [0.25, 0.3) is 0 Å². The molecule has 1 heterocycles. The number of aryl methyl sites for hydroxylation is 2. The molecule has 0 spiro atoms. The third-order valence-corrected chi connectivity index (χ3v) is 5.65. The first-order chi connectivity index (χ1) is 14.4. The smallest absolute Gasteiger partial charge is 0.255 e. The first-order valence-electron chi connectivity index (χ1n) is 9.94. The molecule has 3 aromatic rings. The summed E-state index contributed by atoms with van der Waals surface area (Å²) in [4.78, 5) is 27.6. The second kappa shape index (κ2) is 8.11. The van der Waals surface area contributed by atoms with Crippen LogP contribution >= 0.6 is 0 Å². The minimum atomic E-state index is -0.489. The van der Waals surface area contributed by atoms with Gasteiger partial charge >= 0.3 is 0 Å². The number of carbonyl (C=O) groups is 2. The average Bonchev–Trinajstić information content (AvgIpc) is 3.06. The molecule has 0 bridgehead atoms. The fourth-order valence-corrected chi connectivity index (χ4v) is 3.83. The van der Waals surface area contributed by atoms with Crippen LogP contribution in [0.4, 0.5) is 10.1 Å². The van der Waals surface area contributed by atoms with Gasteiger partial charge in [-0.15, -0.1) is 0 Å². The van der Waals surface area contributed by atoms with Crippen LogP contribution in [0.15, 0.2) is 66.7 Å². The topological polar surface area (TPSA) is 49.4 Å². The summed E-state index contributed by atoms with van der Waals surface area (Å²) in [7, 11) is 0. The Morgan fingerprint density at radius 1 is 1.03 bits per heavy atom. The number of fused-ring (bicyclic) bond motifs is 1. The first-order valence-corrected chi connectivity index (χ1v) is 9.94. The maximum atomic E-state index is 13.5. The summed E-state index contributed by atoms with van der Waals surface area (Å²) in [5.74, 6) is -0.664. The van der Waals surface area contributed by atoms with Gasteiger partial charge in [-0.25, -0.2) is 4.39 Å². The third kappa shape index (κ3) is 3.96. The summed E-state index contributed by atoms with van der Waals surface area (Å²) < 4.78 is 13.5. The number of anilines is 1. The molecule has 30 heavy (non-hydrogen) atoms. The number of amides is 2. The molecule has 1 atom stereocenters. The monoisotopic (exact) mass is 402 g/mol. The molecule has 0 aliphatic carbocycles. The van der Waals surface area contributed by atoms with E-state index in [2.05, 4.69) is 5.32 Å². The van der Waals surface area contributed by atoms with Crippen molar-refractivity contribution >= 4 is 17.5 Å². The highest BCUT2D eigenvalue weighted by Gasteiger charge is 2.34. The summed E-state index contributed by atoms with van der Waals surface area (Å²) in [6.45, 7) is 4.43. The lowest BCUT2D eigenvalue weighted by Crippen LogP contribution is -2.32. The first kappa shape index (κ1) is 19.8. The predicted molar refractivity (Wildman–Crippen MR) is 115 cm³/mol. The van der Waals surface area contributed by atoms with Gasteiger partial charge in [-0.1, -0.05) is 36.4 Å². The molecule has 0 aromatic heterocycles. The lowest BCUT2D eigenvalue weighted by atomic mass is 10.0. The maximum absolute atomic E-state index is 13.5. The molecule has 4 rings (SSSR count). The Kier molecular flexibility index (Phi) is 5.36. The van der Waals surface area contributed by atoms with Gasteiger partial charge in [-0.05, 0) is 66.4 Å². The molecule has 0 saturated heterocycles. The van der Waals surface area contributed by atoms with Crippen molar-refractivity contribution in [1.82, 2.24) is 4.90 Å². The largest absolute Gasteiger partial charge is 0.327 e. The van der Waals surface area contributed by atoms with Crippen molar-refractivity contribution in [3.63, 3.8) is 0 Å². The zero-order chi connectivity index (χ0) is 21.3. The van der Waals surface area contributed by atoms with Crippen LogP contribution in [0.3, 0.4) is 0 Å². The van der Waals surface area contributed by atoms with Crippen molar-refractivity contribution in [3.05, 3.63) is 100 Å². The fourth-order valence-electron chi connectivity index (χ4n) is 3.83. The van der Waals surface area contributed by atoms with Crippen LogP contribution in [0.5, 0.6) is 0 Å². The molecule has 0 fully saturated rings. The van der Waals surface area contributed by atoms with E-state index in [1.165, 1.54) is 12.1 Å². The summed E-state index contributed by atoms with van der Waals surface area (Å²) in [6.07, 6.45) is 0.0816. The van der Waals surface area contributed by atoms with Crippen molar-refractivity contribution < 1.29 is 14.0 Å². The average molecular weight is 402 g/mol. The molecule has 3 aromatic carbocycles. The zero-order valence-corrected chi connectivity index (χ0v) is 17.0. The van der Waals surface area contributed by atoms with Crippen molar-refractivity contribution in [3.8, 4) is 0 Å². The highest BCUT2D eigenvalue weighted by atomic mass is 19.1. The van der Waals surface area contributed by atoms with Crippen molar-refractivity contribution in [2.24, 2.45) is 0 Å². The molecule has 2 amide bonds. The molecule has 1 aliphatic heterocycles. The molecule has 1 aliphatic rings. The van der Waals surface area contributed by atoms with Gasteiger partial charge in [-0.3, -0.25) is 9.59 Å². The second-order valence-electron chi connectivity index (χ2n) is 7.71. The maximum Gasteiger partial charge on any atom is 0.255 e. The van der Waals surface area contributed by atoms with Gasteiger partial charge in [0.1, 0.15) is 5.82 Å². The van der Waals surface area contributed by atoms with Crippen LogP contribution in [-0.4, -0.2) is 16.7 Å². The van der Waals surface area contributed by atoms with Crippen molar-refractivity contribution in [2.45, 2.75) is 32.9 Å². The van der Waals surface area contributed by atoms with E-state index in [1.807, 2.05) is 50.2 Å². The van der Waals surface area contributed by atoms with Crippen LogP contribution in [0.1, 0.15) is 45.1 Å². The molecule has 1 N–H and O–H groups in total. The SMILES string of the molecule is Cc1ccc(NC(=O)C[C@@H](c2ccc(F)cc2)N2Cc3ccccc3C2=O)cc1C. The molecule has 5 heteroatoms. The van der Waals surface area contributed by atoms with Crippen molar-refractivity contribution in [2.75, 3.05) is 5.32 Å². The highest BCUT2D eigenvalue weighted by Crippen LogP contribution is 2.33. The highest BCUT2D eigenvalue weighted by molar-refractivity contribution is 5.99. The van der Waals surface area contributed by atoms with Gasteiger partial charge in [0, 0.05) is 17.8 Å². The van der Waals surface area contributed by atoms with Gasteiger partial charge in [0.2, 0.25) is 5.91 Å².